The van der Waals surface area contributed by atoms with Gasteiger partial charge < -0.3 is 9.84 Å². The summed E-state index contributed by atoms with van der Waals surface area (Å²) in [5.74, 6) is 0.155. The van der Waals surface area contributed by atoms with Crippen molar-refractivity contribution in [1.82, 2.24) is 10.5 Å². The lowest BCUT2D eigenvalue weighted by Gasteiger charge is -2.02. The van der Waals surface area contributed by atoms with E-state index in [1.807, 2.05) is 0 Å². The Morgan fingerprint density at radius 2 is 2.29 bits per heavy atom. The first kappa shape index (κ1) is 11.0. The fraction of sp³-hybridized carbons (Fsp3) is 0.571. The van der Waals surface area contributed by atoms with E-state index < -0.39 is 10.0 Å². The summed E-state index contributed by atoms with van der Waals surface area (Å²) in [6.45, 7) is 2.11. The van der Waals surface area contributed by atoms with Crippen LogP contribution in [0.5, 0.6) is 0 Å². The summed E-state index contributed by atoms with van der Waals surface area (Å²) in [7, 11) is -1.64. The highest BCUT2D eigenvalue weighted by atomic mass is 32.2. The van der Waals surface area contributed by atoms with Crippen molar-refractivity contribution in [3.63, 3.8) is 0 Å². The highest BCUT2D eigenvalue weighted by Crippen LogP contribution is 2.10. The molecule has 2 N–H and O–H groups in total. The van der Waals surface area contributed by atoms with Crippen LogP contribution in [0.15, 0.2) is 10.6 Å². The monoisotopic (exact) mass is 219 g/mol. The van der Waals surface area contributed by atoms with Crippen LogP contribution in [-0.2, 0) is 10.0 Å². The molecule has 1 aromatic rings. The van der Waals surface area contributed by atoms with E-state index in [1.165, 1.54) is 6.07 Å². The number of anilines is 1. The smallest absolute Gasteiger partial charge is 0.238 e. The van der Waals surface area contributed by atoms with Gasteiger partial charge in [0.2, 0.25) is 15.9 Å². The second kappa shape index (κ2) is 4.43. The highest BCUT2D eigenvalue weighted by molar-refractivity contribution is 7.92. The van der Waals surface area contributed by atoms with Gasteiger partial charge in [0.25, 0.3) is 0 Å². The quantitative estimate of drug-likeness (QED) is 0.725. The van der Waals surface area contributed by atoms with E-state index in [-0.39, 0.29) is 11.6 Å². The molecule has 0 aliphatic heterocycles. The van der Waals surface area contributed by atoms with Crippen molar-refractivity contribution in [1.29, 1.82) is 0 Å². The van der Waals surface area contributed by atoms with E-state index in [2.05, 4.69) is 15.2 Å². The van der Waals surface area contributed by atoms with Crippen LogP contribution in [-0.4, -0.2) is 32.9 Å². The number of nitrogens with zero attached hydrogens (tertiary/aromatic N) is 1. The zero-order valence-corrected chi connectivity index (χ0v) is 8.89. The highest BCUT2D eigenvalue weighted by Gasteiger charge is 2.12. The first-order chi connectivity index (χ1) is 6.53. The van der Waals surface area contributed by atoms with Gasteiger partial charge in [-0.2, -0.15) is 0 Å². The van der Waals surface area contributed by atoms with Gasteiger partial charge >= 0.3 is 0 Å². The first-order valence-corrected chi connectivity index (χ1v) is 5.77. The summed E-state index contributed by atoms with van der Waals surface area (Å²) >= 11 is 0. The van der Waals surface area contributed by atoms with Crippen molar-refractivity contribution in [3.05, 3.63) is 11.8 Å². The summed E-state index contributed by atoms with van der Waals surface area (Å²) in [5, 5.41) is 6.31. The van der Waals surface area contributed by atoms with Crippen LogP contribution in [0, 0.1) is 6.92 Å². The largest absolute Gasteiger partial charge is 0.338 e. The zero-order valence-electron chi connectivity index (χ0n) is 8.07. The van der Waals surface area contributed by atoms with E-state index >= 15 is 0 Å². The molecule has 0 saturated heterocycles. The lowest BCUT2D eigenvalue weighted by Crippen LogP contribution is -2.24. The Bertz CT molecular complexity index is 385. The van der Waals surface area contributed by atoms with Crippen molar-refractivity contribution >= 4 is 15.9 Å². The molecule has 0 aliphatic rings. The van der Waals surface area contributed by atoms with Gasteiger partial charge in [-0.05, 0) is 14.0 Å². The van der Waals surface area contributed by atoms with Gasteiger partial charge in [-0.1, -0.05) is 5.16 Å². The minimum absolute atomic E-state index is 0.00322. The molecule has 0 bridgehead atoms. The number of rotatable bonds is 5. The molecule has 80 valence electrons. The van der Waals surface area contributed by atoms with E-state index in [0.717, 1.165) is 0 Å². The fourth-order valence-electron chi connectivity index (χ4n) is 0.852. The standard InChI is InChI=1S/C7H13N3O3S/c1-6-5-7(13-9-6)10-14(11,12)4-3-8-2/h5,8,10H,3-4H2,1-2H3. The van der Waals surface area contributed by atoms with E-state index in [1.54, 1.807) is 14.0 Å². The topological polar surface area (TPSA) is 84.2 Å². The van der Waals surface area contributed by atoms with Crippen molar-refractivity contribution in [2.24, 2.45) is 0 Å². The van der Waals surface area contributed by atoms with Gasteiger partial charge in [-0.15, -0.1) is 0 Å². The normalized spacial score (nSPS) is 11.6. The van der Waals surface area contributed by atoms with Crippen molar-refractivity contribution in [2.75, 3.05) is 24.1 Å². The molecule has 1 rings (SSSR count). The summed E-state index contributed by atoms with van der Waals surface area (Å²) in [5.41, 5.74) is 0.635. The minimum atomic E-state index is -3.33. The second-order valence-corrected chi connectivity index (χ2v) is 4.70. The van der Waals surface area contributed by atoms with Crippen LogP contribution >= 0.6 is 0 Å². The molecule has 14 heavy (non-hydrogen) atoms. The molecule has 0 fully saturated rings. The molecule has 0 saturated carbocycles. The lowest BCUT2D eigenvalue weighted by atomic mass is 10.5. The summed E-state index contributed by atoms with van der Waals surface area (Å²) in [4.78, 5) is 0. The first-order valence-electron chi connectivity index (χ1n) is 4.12. The predicted molar refractivity (Wildman–Crippen MR) is 52.6 cm³/mol. The number of hydrogen-bond donors (Lipinski definition) is 2. The Morgan fingerprint density at radius 3 is 2.79 bits per heavy atom. The van der Waals surface area contributed by atoms with Crippen LogP contribution in [0.25, 0.3) is 0 Å². The number of aryl methyl sites for hydroxylation is 1. The van der Waals surface area contributed by atoms with Gasteiger partial charge in [-0.25, -0.2) is 8.42 Å². The summed E-state index contributed by atoms with van der Waals surface area (Å²) in [6, 6.07) is 1.52. The van der Waals surface area contributed by atoms with Gasteiger partial charge in [0.15, 0.2) is 0 Å². The number of sulfonamides is 1. The molecule has 0 spiro atoms. The van der Waals surface area contributed by atoms with Crippen LogP contribution in [0.2, 0.25) is 0 Å². The number of hydrogen-bond acceptors (Lipinski definition) is 5. The van der Waals surface area contributed by atoms with Crippen LogP contribution in [0.4, 0.5) is 5.88 Å². The molecular formula is C7H13N3O3S. The molecule has 0 aromatic carbocycles. The molecule has 0 aliphatic carbocycles. The molecule has 1 heterocycles. The van der Waals surface area contributed by atoms with Gasteiger partial charge in [0, 0.05) is 12.6 Å². The van der Waals surface area contributed by atoms with Crippen molar-refractivity contribution < 1.29 is 12.9 Å². The fourth-order valence-corrected chi connectivity index (χ4v) is 1.83. The Hall–Kier alpha value is -1.08. The average molecular weight is 219 g/mol. The maximum Gasteiger partial charge on any atom is 0.238 e. The predicted octanol–water partition coefficient (Wildman–Crippen LogP) is -0.0559. The Labute approximate surface area is 82.7 Å². The Kier molecular flexibility index (Phi) is 3.48. The van der Waals surface area contributed by atoms with Crippen molar-refractivity contribution in [2.45, 2.75) is 6.92 Å². The molecular weight excluding hydrogens is 206 g/mol. The average Bonchev–Trinajstić information content (AvgIpc) is 2.47. The van der Waals surface area contributed by atoms with E-state index in [4.69, 9.17) is 4.52 Å². The zero-order chi connectivity index (χ0) is 10.6. The van der Waals surface area contributed by atoms with Crippen molar-refractivity contribution in [3.8, 4) is 0 Å². The molecule has 0 unspecified atom stereocenters. The molecule has 1 aromatic heterocycles. The maximum atomic E-state index is 11.3. The van der Waals surface area contributed by atoms with Crippen LogP contribution in [0.1, 0.15) is 5.69 Å². The van der Waals surface area contributed by atoms with Gasteiger partial charge in [0.05, 0.1) is 11.4 Å². The van der Waals surface area contributed by atoms with Crippen LogP contribution < -0.4 is 10.0 Å². The Morgan fingerprint density at radius 1 is 1.57 bits per heavy atom. The lowest BCUT2D eigenvalue weighted by molar-refractivity contribution is 0.430. The Balaban J connectivity index is 2.59. The molecule has 0 radical (unpaired) electrons. The number of nitrogens with one attached hydrogen (secondary N) is 2. The third kappa shape index (κ3) is 3.35. The molecule has 0 atom stereocenters. The summed E-state index contributed by atoms with van der Waals surface area (Å²) in [6.07, 6.45) is 0. The second-order valence-electron chi connectivity index (χ2n) is 2.86. The summed E-state index contributed by atoms with van der Waals surface area (Å²) < 4.78 is 29.7. The van der Waals surface area contributed by atoms with Gasteiger partial charge in [-0.3, -0.25) is 4.72 Å². The maximum absolute atomic E-state index is 11.3. The third-order valence-corrected chi connectivity index (χ3v) is 2.76. The van der Waals surface area contributed by atoms with Gasteiger partial charge in [0.1, 0.15) is 0 Å². The molecule has 6 nitrogen and oxygen atoms in total. The molecule has 0 amide bonds. The third-order valence-electron chi connectivity index (χ3n) is 1.50. The van der Waals surface area contributed by atoms with E-state index in [0.29, 0.717) is 12.2 Å². The van der Waals surface area contributed by atoms with Crippen LogP contribution in [0.3, 0.4) is 0 Å². The number of aromatic nitrogens is 1. The minimum Gasteiger partial charge on any atom is -0.338 e. The SMILES string of the molecule is CNCCS(=O)(=O)Nc1cc(C)no1. The van der Waals surface area contributed by atoms with E-state index in [9.17, 15) is 8.42 Å². The molecule has 7 heteroatoms.